The second-order valence-corrected chi connectivity index (χ2v) is 9.35. The fraction of sp³-hybridized carbons (Fsp3) is 0.346. The van der Waals surface area contributed by atoms with Gasteiger partial charge >= 0.3 is 6.18 Å². The highest BCUT2D eigenvalue weighted by atomic mass is 19.4. The van der Waals surface area contributed by atoms with E-state index in [1.165, 1.54) is 11.8 Å². The first kappa shape index (κ1) is 22.6. The molecule has 36 heavy (non-hydrogen) atoms. The number of alkyl halides is 3. The van der Waals surface area contributed by atoms with E-state index in [1.54, 1.807) is 4.90 Å². The molecular formula is C26H24F3N5O2. The number of hydrogen-bond acceptors (Lipinski definition) is 5. The molecule has 6 rings (SSSR count). The van der Waals surface area contributed by atoms with Crippen molar-refractivity contribution in [2.24, 2.45) is 5.10 Å². The average molecular weight is 496 g/mol. The van der Waals surface area contributed by atoms with Crippen LogP contribution < -0.4 is 10.2 Å². The maximum Gasteiger partial charge on any atom is 0.449 e. The lowest BCUT2D eigenvalue weighted by Gasteiger charge is -2.30. The van der Waals surface area contributed by atoms with E-state index in [4.69, 9.17) is 4.74 Å². The summed E-state index contributed by atoms with van der Waals surface area (Å²) in [7, 11) is 0. The minimum atomic E-state index is -4.53. The van der Waals surface area contributed by atoms with Crippen molar-refractivity contribution in [1.82, 2.24) is 19.9 Å². The average Bonchev–Trinajstić information content (AvgIpc) is 3.51. The van der Waals surface area contributed by atoms with Gasteiger partial charge < -0.3 is 19.6 Å². The molecule has 1 N–H and O–H groups in total. The first-order valence-corrected chi connectivity index (χ1v) is 11.9. The van der Waals surface area contributed by atoms with Gasteiger partial charge in [-0.05, 0) is 29.7 Å². The van der Waals surface area contributed by atoms with Crippen LogP contribution in [0.15, 0.2) is 47.7 Å². The van der Waals surface area contributed by atoms with Crippen LogP contribution in [0.5, 0.6) is 5.75 Å². The number of aromatic nitrogens is 2. The molecule has 3 aliphatic heterocycles. The first-order valence-electron chi connectivity index (χ1n) is 11.9. The number of fused-ring (bicyclic) bond motifs is 3. The Labute approximate surface area is 205 Å². The van der Waals surface area contributed by atoms with Crippen molar-refractivity contribution in [3.8, 4) is 5.75 Å². The zero-order chi connectivity index (χ0) is 25.0. The lowest BCUT2D eigenvalue weighted by Crippen LogP contribution is -2.39. The van der Waals surface area contributed by atoms with Gasteiger partial charge in [0.1, 0.15) is 5.75 Å². The third-order valence-corrected chi connectivity index (χ3v) is 7.00. The predicted molar refractivity (Wildman–Crippen MR) is 126 cm³/mol. The quantitative estimate of drug-likeness (QED) is 0.594. The minimum Gasteiger partial charge on any atom is -0.492 e. The molecule has 0 fully saturated rings. The molecule has 0 saturated heterocycles. The number of carbonyl (C=O) groups excluding carboxylic acids is 1. The van der Waals surface area contributed by atoms with Crippen LogP contribution in [-0.4, -0.2) is 39.2 Å². The molecule has 0 radical (unpaired) electrons. The summed E-state index contributed by atoms with van der Waals surface area (Å²) in [5.74, 6) is -0.613. The van der Waals surface area contributed by atoms with Gasteiger partial charge in [0.25, 0.3) is 5.91 Å². The smallest absolute Gasteiger partial charge is 0.449 e. The number of carbonyl (C=O) groups is 1. The monoisotopic (exact) mass is 495 g/mol. The van der Waals surface area contributed by atoms with Crippen molar-refractivity contribution in [3.63, 3.8) is 0 Å². The summed E-state index contributed by atoms with van der Waals surface area (Å²) in [5.41, 5.74) is 9.02. The summed E-state index contributed by atoms with van der Waals surface area (Å²) in [4.78, 5) is 18.7. The summed E-state index contributed by atoms with van der Waals surface area (Å²) in [6.07, 6.45) is -2.09. The summed E-state index contributed by atoms with van der Waals surface area (Å²) in [6, 6.07) is 12.1. The van der Waals surface area contributed by atoms with Crippen molar-refractivity contribution >= 4 is 11.6 Å². The van der Waals surface area contributed by atoms with Crippen molar-refractivity contribution in [2.75, 3.05) is 13.2 Å². The molecule has 1 unspecified atom stereocenters. The maximum atomic E-state index is 13.6. The zero-order valence-electron chi connectivity index (χ0n) is 19.6. The summed E-state index contributed by atoms with van der Waals surface area (Å²) < 4.78 is 46.7. The second-order valence-electron chi connectivity index (χ2n) is 9.35. The molecule has 0 spiro atoms. The first-order chi connectivity index (χ1) is 17.3. The lowest BCUT2D eigenvalue weighted by molar-refractivity contribution is -0.147. The Morgan fingerprint density at radius 2 is 2.06 bits per heavy atom. The Hall–Kier alpha value is -3.82. The van der Waals surface area contributed by atoms with Crippen LogP contribution in [0.1, 0.15) is 57.1 Å². The van der Waals surface area contributed by atoms with Crippen LogP contribution >= 0.6 is 0 Å². The molecule has 186 valence electrons. The van der Waals surface area contributed by atoms with Crippen LogP contribution in [0.2, 0.25) is 0 Å². The normalized spacial score (nSPS) is 18.5. The minimum absolute atomic E-state index is 0.0378. The van der Waals surface area contributed by atoms with E-state index in [1.807, 2.05) is 18.2 Å². The number of hydrazone groups is 1. The molecule has 7 nitrogen and oxygen atoms in total. The van der Waals surface area contributed by atoms with E-state index in [2.05, 4.69) is 40.6 Å². The number of hydrogen-bond donors (Lipinski definition) is 1. The van der Waals surface area contributed by atoms with Gasteiger partial charge in [-0.3, -0.25) is 4.79 Å². The summed E-state index contributed by atoms with van der Waals surface area (Å²) >= 11 is 0. The Morgan fingerprint density at radius 1 is 1.22 bits per heavy atom. The number of imidazole rings is 1. The molecular weight excluding hydrogens is 471 g/mol. The van der Waals surface area contributed by atoms with E-state index in [0.29, 0.717) is 36.5 Å². The molecule has 10 heteroatoms. The third-order valence-electron chi connectivity index (χ3n) is 7.00. The van der Waals surface area contributed by atoms with Gasteiger partial charge in [0.2, 0.25) is 5.82 Å². The number of ether oxygens (including phenoxy) is 1. The van der Waals surface area contributed by atoms with Gasteiger partial charge in [-0.1, -0.05) is 30.3 Å². The Bertz CT molecular complexity index is 1390. The van der Waals surface area contributed by atoms with Crippen LogP contribution in [0, 0.1) is 0 Å². The number of nitrogens with zero attached hydrogens (tertiary/aromatic N) is 4. The Balaban J connectivity index is 1.30. The van der Waals surface area contributed by atoms with Gasteiger partial charge in [-0.15, -0.1) is 0 Å². The van der Waals surface area contributed by atoms with Crippen LogP contribution in [0.4, 0.5) is 13.2 Å². The van der Waals surface area contributed by atoms with Gasteiger partial charge in [-0.25, -0.2) is 4.98 Å². The lowest BCUT2D eigenvalue weighted by atomic mass is 9.92. The summed E-state index contributed by atoms with van der Waals surface area (Å²) in [6.45, 7) is 2.81. The van der Waals surface area contributed by atoms with Crippen molar-refractivity contribution < 1.29 is 22.7 Å². The van der Waals surface area contributed by atoms with Crippen LogP contribution in [0.3, 0.4) is 0 Å². The SMILES string of the molecule is CC1NN=C(Cc2cc3c(c(C(=O)N4CCn5c(cnc5C(F)(F)F)C4)c2)OCC3)c2ccccc21. The van der Waals surface area contributed by atoms with Crippen LogP contribution in [0.25, 0.3) is 0 Å². The van der Waals surface area contributed by atoms with E-state index in [-0.39, 0.29) is 31.6 Å². The van der Waals surface area contributed by atoms with Gasteiger partial charge in [0.05, 0.1) is 42.4 Å². The predicted octanol–water partition coefficient (Wildman–Crippen LogP) is 4.10. The Kier molecular flexibility index (Phi) is 5.27. The molecule has 1 amide bonds. The molecule has 4 heterocycles. The largest absolute Gasteiger partial charge is 0.492 e. The molecule has 3 aromatic rings. The van der Waals surface area contributed by atoms with E-state index < -0.39 is 12.0 Å². The van der Waals surface area contributed by atoms with Gasteiger partial charge in [0.15, 0.2) is 0 Å². The molecule has 3 aliphatic rings. The topological polar surface area (TPSA) is 71.8 Å². The number of nitrogens with one attached hydrogen (secondary N) is 1. The maximum absolute atomic E-state index is 13.6. The molecule has 2 aromatic carbocycles. The molecule has 0 aliphatic carbocycles. The van der Waals surface area contributed by atoms with Gasteiger partial charge in [0, 0.05) is 31.5 Å². The van der Waals surface area contributed by atoms with Crippen molar-refractivity contribution in [2.45, 2.75) is 45.1 Å². The fourth-order valence-electron chi connectivity index (χ4n) is 5.26. The second kappa shape index (κ2) is 8.39. The molecule has 1 atom stereocenters. The number of rotatable bonds is 3. The highest BCUT2D eigenvalue weighted by Gasteiger charge is 2.39. The van der Waals surface area contributed by atoms with E-state index >= 15 is 0 Å². The number of benzene rings is 2. The van der Waals surface area contributed by atoms with Crippen molar-refractivity contribution in [1.29, 1.82) is 0 Å². The number of amides is 1. The van der Waals surface area contributed by atoms with Crippen LogP contribution in [-0.2, 0) is 32.1 Å². The number of halogens is 3. The standard InChI is InChI=1S/C26H24F3N5O2/c1-15-19-4-2-3-5-20(19)22(32-31-15)12-16-10-17-6-9-36-23(17)21(11-16)24(35)33-7-8-34-18(14-33)13-30-25(34)26(27,28)29/h2-5,10-11,13,15,31H,6-9,12,14H2,1H3. The van der Waals surface area contributed by atoms with E-state index in [0.717, 1.165) is 27.0 Å². The van der Waals surface area contributed by atoms with Gasteiger partial charge in [-0.2, -0.15) is 18.3 Å². The molecule has 0 saturated carbocycles. The zero-order valence-corrected chi connectivity index (χ0v) is 19.6. The Morgan fingerprint density at radius 3 is 2.89 bits per heavy atom. The van der Waals surface area contributed by atoms with E-state index in [9.17, 15) is 18.0 Å². The molecule has 1 aromatic heterocycles. The van der Waals surface area contributed by atoms with Crippen molar-refractivity contribution in [3.05, 3.63) is 81.9 Å². The fourth-order valence-corrected chi connectivity index (χ4v) is 5.26. The molecule has 0 bridgehead atoms. The summed E-state index contributed by atoms with van der Waals surface area (Å²) in [5, 5.41) is 4.59. The highest BCUT2D eigenvalue weighted by Crippen LogP contribution is 2.35. The third kappa shape index (κ3) is 3.81. The highest BCUT2D eigenvalue weighted by molar-refractivity contribution is 6.04.